The molecule has 0 amide bonds. The standard InChI is InChI=1S/C25H26F2N4O2.C4H8O2/c1-28-12-5-4-7-16-10-11-18-19(13-16)31-20(14-21(30(2)3)24(31)29-18)23-17(15-32)8-6-9-22(23)33-25(26)27;1-4(2,6)3-5/h6,8-11,13,15,20-21,25,28H,5,12,14H2,1-3H3;3,6H,1-2H3. The first kappa shape index (κ1) is 29.9. The average molecular weight is 541 g/mol. The summed E-state index contributed by atoms with van der Waals surface area (Å²) < 4.78 is 33.2. The van der Waals surface area contributed by atoms with Gasteiger partial charge in [0.05, 0.1) is 23.1 Å². The molecule has 8 nitrogen and oxygen atoms in total. The Morgan fingerprint density at radius 2 is 2.00 bits per heavy atom. The number of carbonyl (C=O) groups excluding carboxylic acids is 2. The van der Waals surface area contributed by atoms with Gasteiger partial charge >= 0.3 is 6.61 Å². The van der Waals surface area contributed by atoms with Crippen LogP contribution in [0.3, 0.4) is 0 Å². The third-order valence-electron chi connectivity index (χ3n) is 6.19. The Balaban J connectivity index is 0.000000631. The smallest absolute Gasteiger partial charge is 0.387 e. The molecule has 2 aromatic carbocycles. The fourth-order valence-electron chi connectivity index (χ4n) is 4.43. The van der Waals surface area contributed by atoms with Gasteiger partial charge in [0, 0.05) is 29.7 Å². The predicted molar refractivity (Wildman–Crippen MR) is 145 cm³/mol. The summed E-state index contributed by atoms with van der Waals surface area (Å²) in [5.41, 5.74) is 2.13. The summed E-state index contributed by atoms with van der Waals surface area (Å²) in [7, 11) is 5.79. The van der Waals surface area contributed by atoms with Crippen LogP contribution in [-0.2, 0) is 4.79 Å². The van der Waals surface area contributed by atoms with Gasteiger partial charge in [0.1, 0.15) is 17.2 Å². The van der Waals surface area contributed by atoms with E-state index < -0.39 is 12.2 Å². The highest BCUT2D eigenvalue weighted by Crippen LogP contribution is 2.46. The van der Waals surface area contributed by atoms with Gasteiger partial charge in [-0.1, -0.05) is 24.0 Å². The maximum atomic E-state index is 13.2. The molecule has 2 unspecified atom stereocenters. The van der Waals surface area contributed by atoms with Crippen LogP contribution in [-0.4, -0.2) is 72.0 Å². The van der Waals surface area contributed by atoms with Crippen LogP contribution in [0, 0.1) is 11.8 Å². The van der Waals surface area contributed by atoms with Crippen molar-refractivity contribution in [1.29, 1.82) is 0 Å². The molecule has 0 radical (unpaired) electrons. The Morgan fingerprint density at radius 1 is 1.28 bits per heavy atom. The first-order chi connectivity index (χ1) is 18.5. The molecule has 208 valence electrons. The zero-order valence-electron chi connectivity index (χ0n) is 22.7. The quantitative estimate of drug-likeness (QED) is 0.254. The van der Waals surface area contributed by atoms with Gasteiger partial charge in [-0.25, -0.2) is 4.98 Å². The fraction of sp³-hybridized carbons (Fsp3) is 0.414. The van der Waals surface area contributed by atoms with E-state index in [1.54, 1.807) is 12.1 Å². The lowest BCUT2D eigenvalue weighted by Gasteiger charge is -2.22. The van der Waals surface area contributed by atoms with Crippen LogP contribution < -0.4 is 10.1 Å². The summed E-state index contributed by atoms with van der Waals surface area (Å²) in [6.07, 6.45) is 2.49. The minimum Gasteiger partial charge on any atom is -0.434 e. The summed E-state index contributed by atoms with van der Waals surface area (Å²) in [5, 5.41) is 11.5. The predicted octanol–water partition coefficient (Wildman–Crippen LogP) is 3.96. The highest BCUT2D eigenvalue weighted by atomic mass is 19.3. The SMILES string of the molecule is CC(C)(O)C=O.CNCCC#Cc1ccc2nc3n(c2c1)C(c1c(C=O)cccc1OC(F)F)CC3N(C)C. The Kier molecular flexibility index (Phi) is 9.92. The molecule has 0 saturated heterocycles. The number of alkyl halides is 2. The van der Waals surface area contributed by atoms with Gasteiger partial charge in [-0.2, -0.15) is 8.78 Å². The van der Waals surface area contributed by atoms with Gasteiger partial charge < -0.3 is 24.5 Å². The van der Waals surface area contributed by atoms with E-state index >= 15 is 0 Å². The van der Waals surface area contributed by atoms with E-state index in [-0.39, 0.29) is 17.8 Å². The molecule has 39 heavy (non-hydrogen) atoms. The maximum Gasteiger partial charge on any atom is 0.387 e. The number of aldehydes is 2. The summed E-state index contributed by atoms with van der Waals surface area (Å²) in [6.45, 7) is 0.675. The summed E-state index contributed by atoms with van der Waals surface area (Å²) in [6, 6.07) is 10.0. The largest absolute Gasteiger partial charge is 0.434 e. The van der Waals surface area contributed by atoms with Gasteiger partial charge in [-0.05, 0) is 65.7 Å². The maximum absolute atomic E-state index is 13.2. The number of fused-ring (bicyclic) bond motifs is 3. The molecule has 3 aromatic rings. The van der Waals surface area contributed by atoms with Crippen LogP contribution in [0.25, 0.3) is 11.0 Å². The van der Waals surface area contributed by atoms with Gasteiger partial charge in [-0.15, -0.1) is 0 Å². The van der Waals surface area contributed by atoms with Crippen molar-refractivity contribution < 1.29 is 28.2 Å². The molecule has 1 aliphatic rings. The second-order valence-corrected chi connectivity index (χ2v) is 9.96. The summed E-state index contributed by atoms with van der Waals surface area (Å²) >= 11 is 0. The van der Waals surface area contributed by atoms with E-state index in [0.29, 0.717) is 30.1 Å². The fourth-order valence-corrected chi connectivity index (χ4v) is 4.43. The monoisotopic (exact) mass is 540 g/mol. The minimum absolute atomic E-state index is 0.00909. The van der Waals surface area contributed by atoms with E-state index in [0.717, 1.165) is 35.4 Å². The average Bonchev–Trinajstić information content (AvgIpc) is 3.43. The molecule has 0 fully saturated rings. The molecule has 0 bridgehead atoms. The molecule has 1 aliphatic heterocycles. The topological polar surface area (TPSA) is 96.7 Å². The number of imidazole rings is 1. The second-order valence-electron chi connectivity index (χ2n) is 9.96. The number of hydrogen-bond acceptors (Lipinski definition) is 7. The highest BCUT2D eigenvalue weighted by Gasteiger charge is 2.38. The number of benzene rings is 2. The lowest BCUT2D eigenvalue weighted by atomic mass is 9.96. The number of nitrogens with zero attached hydrogens (tertiary/aromatic N) is 3. The zero-order chi connectivity index (χ0) is 28.7. The highest BCUT2D eigenvalue weighted by molar-refractivity contribution is 5.82. The lowest BCUT2D eigenvalue weighted by Crippen LogP contribution is -2.19. The lowest BCUT2D eigenvalue weighted by molar-refractivity contribution is -0.120. The molecule has 0 aliphatic carbocycles. The summed E-state index contributed by atoms with van der Waals surface area (Å²) in [5.74, 6) is 7.16. The Hall–Kier alpha value is -3.65. The number of ether oxygens (including phenoxy) is 1. The minimum atomic E-state index is -2.99. The molecule has 0 saturated carbocycles. The van der Waals surface area contributed by atoms with Crippen LogP contribution >= 0.6 is 0 Å². The third-order valence-corrected chi connectivity index (χ3v) is 6.19. The van der Waals surface area contributed by atoms with Crippen molar-refractivity contribution in [3.8, 4) is 17.6 Å². The number of rotatable bonds is 8. The second kappa shape index (κ2) is 12.9. The van der Waals surface area contributed by atoms with Gasteiger partial charge in [0.2, 0.25) is 0 Å². The molecule has 2 atom stereocenters. The van der Waals surface area contributed by atoms with Crippen LogP contribution in [0.2, 0.25) is 0 Å². The normalized spacial score (nSPS) is 16.4. The molecule has 0 spiro atoms. The third kappa shape index (κ3) is 7.26. The van der Waals surface area contributed by atoms with Gasteiger partial charge in [0.15, 0.2) is 12.6 Å². The van der Waals surface area contributed by atoms with E-state index in [1.165, 1.54) is 19.9 Å². The molecule has 10 heteroatoms. The first-order valence-corrected chi connectivity index (χ1v) is 12.5. The van der Waals surface area contributed by atoms with Crippen molar-refractivity contribution in [2.75, 3.05) is 27.7 Å². The Morgan fingerprint density at radius 3 is 2.59 bits per heavy atom. The number of carbonyl (C=O) groups is 2. The van der Waals surface area contributed by atoms with E-state index in [1.807, 2.05) is 48.8 Å². The molecule has 4 rings (SSSR count). The van der Waals surface area contributed by atoms with Crippen molar-refractivity contribution in [3.05, 3.63) is 58.9 Å². The van der Waals surface area contributed by atoms with Crippen molar-refractivity contribution in [1.82, 2.24) is 19.8 Å². The summed E-state index contributed by atoms with van der Waals surface area (Å²) in [4.78, 5) is 28.4. The zero-order valence-corrected chi connectivity index (χ0v) is 22.7. The van der Waals surface area contributed by atoms with Crippen LogP contribution in [0.15, 0.2) is 36.4 Å². The number of hydrogen-bond donors (Lipinski definition) is 2. The number of halogens is 2. The number of aromatic nitrogens is 2. The van der Waals surface area contributed by atoms with Crippen LogP contribution in [0.1, 0.15) is 66.1 Å². The van der Waals surface area contributed by atoms with Crippen LogP contribution in [0.4, 0.5) is 8.78 Å². The van der Waals surface area contributed by atoms with Crippen molar-refractivity contribution in [2.24, 2.45) is 0 Å². The Labute approximate surface area is 227 Å². The molecular formula is C29H34F2N4O4. The van der Waals surface area contributed by atoms with Crippen molar-refractivity contribution in [2.45, 2.75) is 51.0 Å². The van der Waals surface area contributed by atoms with E-state index in [4.69, 9.17) is 14.8 Å². The number of aliphatic hydroxyl groups is 1. The van der Waals surface area contributed by atoms with Crippen LogP contribution in [0.5, 0.6) is 5.75 Å². The molecule has 2 N–H and O–H groups in total. The van der Waals surface area contributed by atoms with Crippen molar-refractivity contribution in [3.63, 3.8) is 0 Å². The Bertz CT molecular complexity index is 1370. The van der Waals surface area contributed by atoms with Gasteiger partial charge in [-0.3, -0.25) is 9.69 Å². The number of nitrogens with one attached hydrogen (secondary N) is 1. The van der Waals surface area contributed by atoms with E-state index in [9.17, 15) is 18.4 Å². The first-order valence-electron chi connectivity index (χ1n) is 12.5. The molecular weight excluding hydrogens is 506 g/mol. The van der Waals surface area contributed by atoms with E-state index in [2.05, 4.69) is 17.2 Å². The van der Waals surface area contributed by atoms with Gasteiger partial charge in [0.25, 0.3) is 0 Å². The molecule has 1 aromatic heterocycles. The molecule has 2 heterocycles. The van der Waals surface area contributed by atoms with Crippen molar-refractivity contribution >= 4 is 23.6 Å².